The molecule has 0 amide bonds. The van der Waals surface area contributed by atoms with Crippen LogP contribution in [0.3, 0.4) is 0 Å². The molecule has 5 nitrogen and oxygen atoms in total. The Morgan fingerprint density at radius 1 is 1.39 bits per heavy atom. The molecule has 18 heavy (non-hydrogen) atoms. The van der Waals surface area contributed by atoms with Crippen LogP contribution in [-0.4, -0.2) is 41.7 Å². The number of aryl methyl sites for hydroxylation is 2. The van der Waals surface area contributed by atoms with Crippen molar-refractivity contribution in [2.45, 2.75) is 26.4 Å². The molecule has 1 saturated heterocycles. The van der Waals surface area contributed by atoms with Gasteiger partial charge in [0.05, 0.1) is 12.3 Å². The minimum absolute atomic E-state index is 0.0625. The molecule has 1 aliphatic heterocycles. The Morgan fingerprint density at radius 2 is 2.06 bits per heavy atom. The molecule has 5 heteroatoms. The Labute approximate surface area is 108 Å². The third-order valence-electron chi connectivity index (χ3n) is 3.79. The van der Waals surface area contributed by atoms with Crippen molar-refractivity contribution in [3.05, 3.63) is 11.3 Å². The summed E-state index contributed by atoms with van der Waals surface area (Å²) in [7, 11) is 3.71. The van der Waals surface area contributed by atoms with Crippen LogP contribution in [0.2, 0.25) is 0 Å². The first-order valence-electron chi connectivity index (χ1n) is 6.54. The van der Waals surface area contributed by atoms with Gasteiger partial charge in [-0.2, -0.15) is 5.10 Å². The average molecular weight is 253 g/mol. The van der Waals surface area contributed by atoms with Gasteiger partial charge in [-0.05, 0) is 25.7 Å². The number of methoxy groups -OCH3 is 1. The van der Waals surface area contributed by atoms with Crippen molar-refractivity contribution < 1.29 is 9.84 Å². The van der Waals surface area contributed by atoms with Crippen molar-refractivity contribution in [3.8, 4) is 0 Å². The standard InChI is InChI=1S/C13H23N3O2/c1-10-12(8-17)13(15(2)14-10)16-6-4-11(5-7-16)9-18-3/h11,17H,4-9H2,1-3H3. The van der Waals surface area contributed by atoms with E-state index in [2.05, 4.69) is 10.00 Å². The molecule has 1 aromatic rings. The third kappa shape index (κ3) is 2.52. The van der Waals surface area contributed by atoms with Crippen molar-refractivity contribution in [2.75, 3.05) is 31.7 Å². The first kappa shape index (κ1) is 13.4. The zero-order chi connectivity index (χ0) is 13.1. The number of nitrogens with zero attached hydrogens (tertiary/aromatic N) is 3. The molecule has 0 aliphatic carbocycles. The van der Waals surface area contributed by atoms with Crippen molar-refractivity contribution in [3.63, 3.8) is 0 Å². The molecule has 0 bridgehead atoms. The molecule has 0 aromatic carbocycles. The van der Waals surface area contributed by atoms with E-state index in [0.717, 1.165) is 49.6 Å². The highest BCUT2D eigenvalue weighted by atomic mass is 16.5. The van der Waals surface area contributed by atoms with Crippen molar-refractivity contribution in [1.82, 2.24) is 9.78 Å². The fourth-order valence-corrected chi connectivity index (χ4v) is 2.82. The highest BCUT2D eigenvalue weighted by Crippen LogP contribution is 2.27. The number of anilines is 1. The summed E-state index contributed by atoms with van der Waals surface area (Å²) in [6.45, 7) is 4.89. The molecule has 2 heterocycles. The molecule has 0 radical (unpaired) electrons. The van der Waals surface area contributed by atoms with Crippen LogP contribution in [0.25, 0.3) is 0 Å². The monoisotopic (exact) mass is 253 g/mol. The second-order valence-electron chi connectivity index (χ2n) is 5.06. The zero-order valence-corrected chi connectivity index (χ0v) is 11.5. The number of aliphatic hydroxyl groups excluding tert-OH is 1. The lowest BCUT2D eigenvalue weighted by molar-refractivity contribution is 0.138. The van der Waals surface area contributed by atoms with Crippen molar-refractivity contribution >= 4 is 5.82 Å². The van der Waals surface area contributed by atoms with E-state index in [9.17, 15) is 5.11 Å². The number of hydrogen-bond donors (Lipinski definition) is 1. The van der Waals surface area contributed by atoms with Crippen LogP contribution in [0.5, 0.6) is 0 Å². The van der Waals surface area contributed by atoms with E-state index in [1.165, 1.54) is 0 Å². The summed E-state index contributed by atoms with van der Waals surface area (Å²) in [6, 6.07) is 0. The first-order chi connectivity index (χ1) is 8.67. The van der Waals surface area contributed by atoms with E-state index in [1.807, 2.05) is 18.7 Å². The maximum Gasteiger partial charge on any atom is 0.132 e. The molecule has 102 valence electrons. The van der Waals surface area contributed by atoms with Crippen LogP contribution in [0.15, 0.2) is 0 Å². The second-order valence-corrected chi connectivity index (χ2v) is 5.06. The number of aromatic nitrogens is 2. The fraction of sp³-hybridized carbons (Fsp3) is 0.769. The van der Waals surface area contributed by atoms with Gasteiger partial charge in [-0.25, -0.2) is 0 Å². The summed E-state index contributed by atoms with van der Waals surface area (Å²) >= 11 is 0. The summed E-state index contributed by atoms with van der Waals surface area (Å²) < 4.78 is 7.11. The molecule has 0 saturated carbocycles. The van der Waals surface area contributed by atoms with Crippen LogP contribution >= 0.6 is 0 Å². The normalized spacial score (nSPS) is 17.4. The van der Waals surface area contributed by atoms with Crippen LogP contribution in [0.4, 0.5) is 5.82 Å². The molecule has 1 N–H and O–H groups in total. The highest BCUT2D eigenvalue weighted by Gasteiger charge is 2.24. The highest BCUT2D eigenvalue weighted by molar-refractivity contribution is 5.50. The number of piperidine rings is 1. The lowest BCUT2D eigenvalue weighted by Gasteiger charge is -2.33. The zero-order valence-electron chi connectivity index (χ0n) is 11.5. The number of rotatable bonds is 4. The maximum absolute atomic E-state index is 9.48. The molecule has 0 spiro atoms. The Kier molecular flexibility index (Phi) is 4.24. The lowest BCUT2D eigenvalue weighted by atomic mass is 9.97. The van der Waals surface area contributed by atoms with Gasteiger partial charge >= 0.3 is 0 Å². The van der Waals surface area contributed by atoms with E-state index in [4.69, 9.17) is 4.74 Å². The van der Waals surface area contributed by atoms with Gasteiger partial charge < -0.3 is 14.7 Å². The van der Waals surface area contributed by atoms with Crippen molar-refractivity contribution in [1.29, 1.82) is 0 Å². The predicted molar refractivity (Wildman–Crippen MR) is 70.7 cm³/mol. The van der Waals surface area contributed by atoms with Gasteiger partial charge in [-0.15, -0.1) is 0 Å². The minimum Gasteiger partial charge on any atom is -0.391 e. The first-order valence-corrected chi connectivity index (χ1v) is 6.54. The Hall–Kier alpha value is -1.07. The average Bonchev–Trinajstić information content (AvgIpc) is 2.65. The van der Waals surface area contributed by atoms with Gasteiger partial charge in [-0.1, -0.05) is 0 Å². The van der Waals surface area contributed by atoms with Crippen molar-refractivity contribution in [2.24, 2.45) is 13.0 Å². The molecular weight excluding hydrogens is 230 g/mol. The smallest absolute Gasteiger partial charge is 0.132 e. The van der Waals surface area contributed by atoms with E-state index >= 15 is 0 Å². The van der Waals surface area contributed by atoms with Crippen LogP contribution < -0.4 is 4.90 Å². The Bertz CT molecular complexity index is 395. The fourth-order valence-electron chi connectivity index (χ4n) is 2.82. The van der Waals surface area contributed by atoms with Gasteiger partial charge in [0.15, 0.2) is 0 Å². The van der Waals surface area contributed by atoms with E-state index in [1.54, 1.807) is 7.11 Å². The van der Waals surface area contributed by atoms with E-state index < -0.39 is 0 Å². The van der Waals surface area contributed by atoms with Crippen LogP contribution in [0, 0.1) is 12.8 Å². The maximum atomic E-state index is 9.48. The largest absolute Gasteiger partial charge is 0.391 e. The van der Waals surface area contributed by atoms with E-state index in [-0.39, 0.29) is 6.61 Å². The molecule has 0 atom stereocenters. The number of hydrogen-bond acceptors (Lipinski definition) is 4. The molecule has 2 rings (SSSR count). The number of ether oxygens (including phenoxy) is 1. The molecule has 1 fully saturated rings. The van der Waals surface area contributed by atoms with E-state index in [0.29, 0.717) is 5.92 Å². The van der Waals surface area contributed by atoms with Gasteiger partial charge in [0.1, 0.15) is 5.82 Å². The van der Waals surface area contributed by atoms with Crippen LogP contribution in [-0.2, 0) is 18.4 Å². The summed E-state index contributed by atoms with van der Waals surface area (Å²) in [6.07, 6.45) is 2.28. The number of aliphatic hydroxyl groups is 1. The van der Waals surface area contributed by atoms with Crippen LogP contribution in [0.1, 0.15) is 24.1 Å². The SMILES string of the molecule is COCC1CCN(c2c(CO)c(C)nn2C)CC1. The summed E-state index contributed by atoms with van der Waals surface area (Å²) in [5, 5.41) is 13.9. The molecule has 1 aromatic heterocycles. The summed E-state index contributed by atoms with van der Waals surface area (Å²) in [5.74, 6) is 1.74. The molecular formula is C13H23N3O2. The van der Waals surface area contributed by atoms with Gasteiger partial charge in [0, 0.05) is 39.4 Å². The quantitative estimate of drug-likeness (QED) is 0.872. The second kappa shape index (κ2) is 5.71. The minimum atomic E-state index is 0.0625. The molecule has 1 aliphatic rings. The lowest BCUT2D eigenvalue weighted by Crippen LogP contribution is -2.36. The van der Waals surface area contributed by atoms with Gasteiger partial charge in [0.25, 0.3) is 0 Å². The predicted octanol–water partition coefficient (Wildman–Crippen LogP) is 1.08. The summed E-state index contributed by atoms with van der Waals surface area (Å²) in [5.41, 5.74) is 1.89. The van der Waals surface area contributed by atoms with Gasteiger partial charge in [-0.3, -0.25) is 4.68 Å². The Morgan fingerprint density at radius 3 is 2.61 bits per heavy atom. The topological polar surface area (TPSA) is 50.5 Å². The van der Waals surface area contributed by atoms with Gasteiger partial charge in [0.2, 0.25) is 0 Å². The summed E-state index contributed by atoms with van der Waals surface area (Å²) in [4.78, 5) is 2.33. The Balaban J connectivity index is 2.09. The third-order valence-corrected chi connectivity index (χ3v) is 3.79. The molecule has 0 unspecified atom stereocenters.